The average molecular weight is 523 g/mol. The first-order chi connectivity index (χ1) is 18.9. The second-order valence-electron chi connectivity index (χ2n) is 8.99. The monoisotopic (exact) mass is 523 g/mol. The lowest BCUT2D eigenvalue weighted by Crippen LogP contribution is -2.46. The molecule has 39 heavy (non-hydrogen) atoms. The number of amides is 3. The molecule has 0 spiro atoms. The Hall–Kier alpha value is -4.41. The molecule has 3 aromatic carbocycles. The number of nitrogens with one attached hydrogen (secondary N) is 3. The molecule has 1 unspecified atom stereocenters. The van der Waals surface area contributed by atoms with Crippen LogP contribution in [0.2, 0.25) is 0 Å². The number of nitrogen functional groups attached to an aromatic ring is 1. The van der Waals surface area contributed by atoms with Crippen LogP contribution < -0.4 is 27.1 Å². The number of carbonyl (C=O) groups is 3. The summed E-state index contributed by atoms with van der Waals surface area (Å²) in [5.41, 5.74) is 9.49. The van der Waals surface area contributed by atoms with Crippen molar-refractivity contribution in [2.24, 2.45) is 0 Å². The van der Waals surface area contributed by atoms with Crippen LogP contribution in [0.15, 0.2) is 78.9 Å². The number of ether oxygens (including phenoxy) is 1. The zero-order valence-electron chi connectivity index (χ0n) is 21.4. The first-order valence-corrected chi connectivity index (χ1v) is 12.6. The van der Waals surface area contributed by atoms with Crippen LogP contribution in [0.25, 0.3) is 6.08 Å². The highest BCUT2D eigenvalue weighted by Crippen LogP contribution is 2.19. The third kappa shape index (κ3) is 8.04. The van der Waals surface area contributed by atoms with E-state index in [-0.39, 0.29) is 24.3 Å². The van der Waals surface area contributed by atoms with E-state index >= 15 is 0 Å². The molecule has 3 aromatic rings. The van der Waals surface area contributed by atoms with Gasteiger partial charge in [-0.15, -0.1) is 0 Å². The normalized spacial score (nSPS) is 14.1. The predicted molar refractivity (Wildman–Crippen MR) is 154 cm³/mol. The van der Waals surface area contributed by atoms with Crippen molar-refractivity contribution >= 4 is 54.2 Å². The smallest absolute Gasteiger partial charge is 0.248 e. The molecule has 3 amide bonds. The number of morpholine rings is 1. The molecule has 0 saturated carbocycles. The minimum absolute atomic E-state index is 0.00966. The molecule has 1 saturated heterocycles. The lowest BCUT2D eigenvalue weighted by atomic mass is 9.96. The van der Waals surface area contributed by atoms with Gasteiger partial charge in [0.05, 0.1) is 31.1 Å². The molecule has 0 aliphatic carbocycles. The third-order valence-corrected chi connectivity index (χ3v) is 6.18. The molecule has 0 aromatic heterocycles. The van der Waals surface area contributed by atoms with E-state index in [4.69, 9.17) is 18.3 Å². The Morgan fingerprint density at radius 1 is 0.949 bits per heavy atom. The van der Waals surface area contributed by atoms with Crippen LogP contribution in [0.5, 0.6) is 0 Å². The zero-order valence-corrected chi connectivity index (χ0v) is 21.4. The van der Waals surface area contributed by atoms with Gasteiger partial charge < -0.3 is 26.0 Å². The molecular weight excluding hydrogens is 493 g/mol. The summed E-state index contributed by atoms with van der Waals surface area (Å²) < 4.78 is 5.32. The van der Waals surface area contributed by atoms with Gasteiger partial charge in [0.25, 0.3) is 0 Å². The molecule has 1 aliphatic rings. The average Bonchev–Trinajstić information content (AvgIpc) is 2.95. The maximum absolute atomic E-state index is 13.3. The van der Waals surface area contributed by atoms with E-state index < -0.39 is 6.04 Å². The Morgan fingerprint density at radius 3 is 2.33 bits per heavy atom. The first kappa shape index (κ1) is 27.6. The number of anilines is 3. The summed E-state index contributed by atoms with van der Waals surface area (Å²) >= 11 is 0. The van der Waals surface area contributed by atoms with Crippen LogP contribution in [-0.2, 0) is 19.1 Å². The van der Waals surface area contributed by atoms with Gasteiger partial charge in [-0.05, 0) is 41.5 Å². The second-order valence-corrected chi connectivity index (χ2v) is 8.99. The Morgan fingerprint density at radius 2 is 1.64 bits per heavy atom. The van der Waals surface area contributed by atoms with Crippen molar-refractivity contribution in [2.45, 2.75) is 6.04 Å². The van der Waals surface area contributed by atoms with Crippen LogP contribution in [-0.4, -0.2) is 63.3 Å². The molecule has 1 aliphatic heterocycles. The van der Waals surface area contributed by atoms with Crippen LogP contribution >= 0.6 is 0 Å². The molecule has 0 bridgehead atoms. The molecular formula is C29H30BN5O4. The van der Waals surface area contributed by atoms with Gasteiger partial charge in [-0.1, -0.05) is 54.0 Å². The lowest BCUT2D eigenvalue weighted by Gasteiger charge is -2.28. The van der Waals surface area contributed by atoms with E-state index in [9.17, 15) is 14.4 Å². The summed E-state index contributed by atoms with van der Waals surface area (Å²) in [5.74, 6) is -0.744. The number of hydrogen-bond acceptors (Lipinski definition) is 6. The quantitative estimate of drug-likeness (QED) is 0.193. The van der Waals surface area contributed by atoms with Crippen molar-refractivity contribution in [3.63, 3.8) is 0 Å². The molecule has 9 nitrogen and oxygen atoms in total. The van der Waals surface area contributed by atoms with Gasteiger partial charge in [0.1, 0.15) is 13.9 Å². The van der Waals surface area contributed by atoms with E-state index in [1.54, 1.807) is 83.8 Å². The predicted octanol–water partition coefficient (Wildman–Crippen LogP) is 1.84. The number of para-hydroxylation sites is 2. The largest absolute Gasteiger partial charge is 0.397 e. The molecule has 5 N–H and O–H groups in total. The summed E-state index contributed by atoms with van der Waals surface area (Å²) in [4.78, 5) is 40.0. The number of nitrogens with zero attached hydrogens (tertiary/aromatic N) is 1. The number of rotatable bonds is 9. The number of nitrogens with two attached hydrogens (primary N) is 1. The molecule has 1 fully saturated rings. The molecule has 4 rings (SSSR count). The number of hydrogen-bond donors (Lipinski definition) is 4. The van der Waals surface area contributed by atoms with Gasteiger partial charge in [0.2, 0.25) is 17.7 Å². The van der Waals surface area contributed by atoms with Crippen molar-refractivity contribution in [2.75, 3.05) is 49.2 Å². The third-order valence-electron chi connectivity index (χ3n) is 6.18. The minimum atomic E-state index is -0.796. The van der Waals surface area contributed by atoms with Gasteiger partial charge in [-0.3, -0.25) is 19.7 Å². The molecule has 1 atom stereocenters. The first-order valence-electron chi connectivity index (χ1n) is 12.6. The summed E-state index contributed by atoms with van der Waals surface area (Å²) in [6.07, 6.45) is 3.07. The number of carbonyl (C=O) groups excluding carboxylic acids is 3. The van der Waals surface area contributed by atoms with Crippen molar-refractivity contribution in [3.8, 4) is 0 Å². The van der Waals surface area contributed by atoms with Crippen LogP contribution in [0.3, 0.4) is 0 Å². The van der Waals surface area contributed by atoms with Crippen LogP contribution in [0.4, 0.5) is 17.1 Å². The Balaban J connectivity index is 1.44. The van der Waals surface area contributed by atoms with Crippen molar-refractivity contribution in [3.05, 3.63) is 90.0 Å². The van der Waals surface area contributed by atoms with Gasteiger partial charge in [0.15, 0.2) is 0 Å². The standard InChI is InChI=1S/C29H30BN5O4/c30-22-10-12-23(13-11-22)33-29(38)28(32-19-27(37)35-15-17-39-18-16-35)21-8-5-20(6-9-21)7-14-26(36)34-25-4-2-1-3-24(25)31/h1-14,28,32H,15-19,31H2,(H,33,38)(H,34,36)/b14-7+. The molecule has 1 heterocycles. The minimum Gasteiger partial charge on any atom is -0.397 e. The van der Waals surface area contributed by atoms with E-state index in [2.05, 4.69) is 16.0 Å². The highest BCUT2D eigenvalue weighted by Gasteiger charge is 2.24. The fraction of sp³-hybridized carbons (Fsp3) is 0.207. The van der Waals surface area contributed by atoms with Gasteiger partial charge >= 0.3 is 0 Å². The molecule has 198 valence electrons. The summed E-state index contributed by atoms with van der Waals surface area (Å²) in [5, 5.41) is 8.72. The summed E-state index contributed by atoms with van der Waals surface area (Å²) in [6.45, 7) is 2.03. The summed E-state index contributed by atoms with van der Waals surface area (Å²) in [6, 6.07) is 20.2. The fourth-order valence-corrected chi connectivity index (χ4v) is 4.01. The molecule has 10 heteroatoms. The topological polar surface area (TPSA) is 126 Å². The Labute approximate surface area is 228 Å². The zero-order chi connectivity index (χ0) is 27.6. The lowest BCUT2D eigenvalue weighted by molar-refractivity contribution is -0.134. The highest BCUT2D eigenvalue weighted by atomic mass is 16.5. The number of benzene rings is 3. The van der Waals surface area contributed by atoms with Crippen molar-refractivity contribution in [1.29, 1.82) is 0 Å². The van der Waals surface area contributed by atoms with E-state index in [1.165, 1.54) is 6.08 Å². The maximum Gasteiger partial charge on any atom is 0.248 e. The van der Waals surface area contributed by atoms with E-state index in [0.29, 0.717) is 54.4 Å². The fourth-order valence-electron chi connectivity index (χ4n) is 4.01. The SMILES string of the molecule is [B]c1ccc(NC(=O)C(NCC(=O)N2CCOCC2)c2ccc(/C=C/C(=O)Nc3ccccc3N)cc2)cc1. The van der Waals surface area contributed by atoms with Gasteiger partial charge in [0, 0.05) is 24.9 Å². The second kappa shape index (κ2) is 13.4. The maximum atomic E-state index is 13.3. The van der Waals surface area contributed by atoms with Crippen LogP contribution in [0, 0.1) is 0 Å². The Bertz CT molecular complexity index is 1320. The van der Waals surface area contributed by atoms with Crippen molar-refractivity contribution < 1.29 is 19.1 Å². The van der Waals surface area contributed by atoms with Gasteiger partial charge in [-0.2, -0.15) is 0 Å². The van der Waals surface area contributed by atoms with Crippen LogP contribution in [0.1, 0.15) is 17.2 Å². The van der Waals surface area contributed by atoms with Gasteiger partial charge in [-0.25, -0.2) is 0 Å². The molecule has 2 radical (unpaired) electrons. The Kier molecular flexibility index (Phi) is 9.50. The summed E-state index contributed by atoms with van der Waals surface area (Å²) in [7, 11) is 5.75. The highest BCUT2D eigenvalue weighted by molar-refractivity contribution is 6.32. The van der Waals surface area contributed by atoms with E-state index in [1.807, 2.05) is 0 Å². The van der Waals surface area contributed by atoms with E-state index in [0.717, 1.165) is 5.56 Å². The van der Waals surface area contributed by atoms with Crippen molar-refractivity contribution in [1.82, 2.24) is 10.2 Å².